The zero-order valence-electron chi connectivity index (χ0n) is 13.0. The van der Waals surface area contributed by atoms with Crippen molar-refractivity contribution in [1.82, 2.24) is 9.55 Å². The summed E-state index contributed by atoms with van der Waals surface area (Å²) >= 11 is 0. The van der Waals surface area contributed by atoms with E-state index in [-0.39, 0.29) is 0 Å². The molecule has 0 saturated heterocycles. The van der Waals surface area contributed by atoms with Crippen LogP contribution in [0, 0.1) is 6.92 Å². The van der Waals surface area contributed by atoms with E-state index in [2.05, 4.69) is 9.55 Å². The van der Waals surface area contributed by atoms with Gasteiger partial charge in [-0.05, 0) is 18.6 Å². The third kappa shape index (κ3) is 2.70. The lowest BCUT2D eigenvalue weighted by Gasteiger charge is -2.18. The second kappa shape index (κ2) is 5.83. The third-order valence-electron chi connectivity index (χ3n) is 3.97. The van der Waals surface area contributed by atoms with Gasteiger partial charge in [0, 0.05) is 12.1 Å². The zero-order chi connectivity index (χ0) is 15.6. The predicted octanol–water partition coefficient (Wildman–Crippen LogP) is 3.19. The molecule has 0 saturated carbocycles. The van der Waals surface area contributed by atoms with Crippen LogP contribution in [0.3, 0.4) is 0 Å². The largest absolute Gasteiger partial charge is 0.491 e. The van der Waals surface area contributed by atoms with Gasteiger partial charge in [-0.15, -0.1) is 0 Å². The van der Waals surface area contributed by atoms with Crippen LogP contribution >= 0.6 is 0 Å². The van der Waals surface area contributed by atoms with Gasteiger partial charge in [0.05, 0.1) is 23.9 Å². The van der Waals surface area contributed by atoms with Crippen LogP contribution in [0.2, 0.25) is 0 Å². The van der Waals surface area contributed by atoms with Crippen LogP contribution in [-0.4, -0.2) is 29.4 Å². The van der Waals surface area contributed by atoms with Crippen LogP contribution < -0.4 is 14.2 Å². The monoisotopic (exact) mass is 310 g/mol. The minimum atomic E-state index is 0.586. The van der Waals surface area contributed by atoms with E-state index in [0.29, 0.717) is 19.8 Å². The first-order valence-corrected chi connectivity index (χ1v) is 7.74. The molecule has 2 aromatic carbocycles. The Morgan fingerprint density at radius 3 is 2.74 bits per heavy atom. The van der Waals surface area contributed by atoms with E-state index in [0.717, 1.165) is 40.4 Å². The smallest absolute Gasteiger partial charge is 0.163 e. The number of nitrogens with zero attached hydrogens (tertiary/aromatic N) is 2. The van der Waals surface area contributed by atoms with Crippen molar-refractivity contribution in [3.8, 4) is 17.2 Å². The van der Waals surface area contributed by atoms with Crippen LogP contribution in [0.15, 0.2) is 42.7 Å². The van der Waals surface area contributed by atoms with Gasteiger partial charge in [-0.3, -0.25) is 0 Å². The Bertz CT molecular complexity index is 841. The van der Waals surface area contributed by atoms with Crippen LogP contribution in [-0.2, 0) is 6.54 Å². The number of aromatic nitrogens is 2. The van der Waals surface area contributed by atoms with E-state index in [1.807, 2.05) is 49.6 Å². The van der Waals surface area contributed by atoms with Crippen molar-refractivity contribution in [2.75, 3.05) is 19.8 Å². The van der Waals surface area contributed by atoms with Crippen molar-refractivity contribution >= 4 is 11.0 Å². The lowest BCUT2D eigenvalue weighted by atomic mass is 10.2. The van der Waals surface area contributed by atoms with E-state index in [4.69, 9.17) is 14.2 Å². The second-order valence-corrected chi connectivity index (χ2v) is 5.54. The molecular weight excluding hydrogens is 292 g/mol. The third-order valence-corrected chi connectivity index (χ3v) is 3.97. The van der Waals surface area contributed by atoms with Crippen molar-refractivity contribution in [1.29, 1.82) is 0 Å². The highest BCUT2D eigenvalue weighted by molar-refractivity contribution is 5.80. The van der Waals surface area contributed by atoms with E-state index in [1.54, 1.807) is 0 Å². The van der Waals surface area contributed by atoms with Crippen LogP contribution in [0.25, 0.3) is 11.0 Å². The average molecular weight is 310 g/mol. The van der Waals surface area contributed by atoms with Crippen molar-refractivity contribution in [2.24, 2.45) is 0 Å². The maximum atomic E-state index is 5.87. The number of aryl methyl sites for hydroxylation is 1. The minimum absolute atomic E-state index is 0.586. The van der Waals surface area contributed by atoms with Crippen molar-refractivity contribution < 1.29 is 14.2 Å². The Labute approximate surface area is 134 Å². The standard InChI is InChI=1S/C18H18N2O3/c1-13-4-2-3-5-16(13)21-7-6-20-12-19-14-10-17-18(11-15(14)20)23-9-8-22-17/h2-5,10-12H,6-9H2,1H3. The highest BCUT2D eigenvalue weighted by atomic mass is 16.6. The molecule has 118 valence electrons. The fourth-order valence-electron chi connectivity index (χ4n) is 2.75. The molecule has 0 fully saturated rings. The summed E-state index contributed by atoms with van der Waals surface area (Å²) in [4.78, 5) is 4.44. The number of rotatable bonds is 4. The Kier molecular flexibility index (Phi) is 3.54. The maximum Gasteiger partial charge on any atom is 0.163 e. The Morgan fingerprint density at radius 1 is 1.13 bits per heavy atom. The summed E-state index contributed by atoms with van der Waals surface area (Å²) < 4.78 is 19.2. The first kappa shape index (κ1) is 13.9. The molecule has 4 rings (SSSR count). The normalized spacial score (nSPS) is 13.3. The molecule has 0 spiro atoms. The summed E-state index contributed by atoms with van der Waals surface area (Å²) in [5.41, 5.74) is 3.08. The molecule has 1 aliphatic rings. The Morgan fingerprint density at radius 2 is 1.91 bits per heavy atom. The van der Waals surface area contributed by atoms with E-state index in [9.17, 15) is 0 Å². The molecule has 0 N–H and O–H groups in total. The van der Waals surface area contributed by atoms with E-state index < -0.39 is 0 Å². The molecular formula is C18H18N2O3. The van der Waals surface area contributed by atoms with Gasteiger partial charge in [0.1, 0.15) is 25.6 Å². The topological polar surface area (TPSA) is 45.5 Å². The number of para-hydroxylation sites is 1. The number of ether oxygens (including phenoxy) is 3. The molecule has 0 radical (unpaired) electrons. The molecule has 0 aliphatic carbocycles. The van der Waals surface area contributed by atoms with Gasteiger partial charge >= 0.3 is 0 Å². The van der Waals surface area contributed by atoms with Crippen molar-refractivity contribution in [3.63, 3.8) is 0 Å². The molecule has 0 amide bonds. The van der Waals surface area contributed by atoms with Gasteiger partial charge in [0.25, 0.3) is 0 Å². The zero-order valence-corrected chi connectivity index (χ0v) is 13.0. The van der Waals surface area contributed by atoms with Crippen molar-refractivity contribution in [3.05, 3.63) is 48.3 Å². The predicted molar refractivity (Wildman–Crippen MR) is 87.4 cm³/mol. The first-order chi connectivity index (χ1) is 11.3. The molecule has 0 bridgehead atoms. The minimum Gasteiger partial charge on any atom is -0.491 e. The summed E-state index contributed by atoms with van der Waals surface area (Å²) in [5.74, 6) is 2.47. The number of hydrogen-bond acceptors (Lipinski definition) is 4. The lowest BCUT2D eigenvalue weighted by Crippen LogP contribution is -2.15. The fraction of sp³-hybridized carbons (Fsp3) is 0.278. The molecule has 23 heavy (non-hydrogen) atoms. The number of fused-ring (bicyclic) bond motifs is 2. The maximum absolute atomic E-state index is 5.87. The van der Waals surface area contributed by atoms with Gasteiger partial charge in [-0.2, -0.15) is 0 Å². The van der Waals surface area contributed by atoms with Gasteiger partial charge in [-0.1, -0.05) is 18.2 Å². The highest BCUT2D eigenvalue weighted by Gasteiger charge is 2.15. The summed E-state index contributed by atoms with van der Waals surface area (Å²) in [7, 11) is 0. The highest BCUT2D eigenvalue weighted by Crippen LogP contribution is 2.34. The first-order valence-electron chi connectivity index (χ1n) is 7.74. The Balaban J connectivity index is 1.52. The van der Waals surface area contributed by atoms with E-state index >= 15 is 0 Å². The summed E-state index contributed by atoms with van der Waals surface area (Å²) in [6.45, 7) is 4.54. The quantitative estimate of drug-likeness (QED) is 0.742. The molecule has 0 atom stereocenters. The Hall–Kier alpha value is -2.69. The van der Waals surface area contributed by atoms with Crippen LogP contribution in [0.1, 0.15) is 5.56 Å². The van der Waals surface area contributed by atoms with Gasteiger partial charge in [0.15, 0.2) is 11.5 Å². The summed E-state index contributed by atoms with van der Waals surface area (Å²) in [6.07, 6.45) is 1.83. The molecule has 3 aromatic rings. The van der Waals surface area contributed by atoms with Gasteiger partial charge in [-0.25, -0.2) is 4.98 Å². The molecule has 0 unspecified atom stereocenters. The van der Waals surface area contributed by atoms with Crippen molar-refractivity contribution in [2.45, 2.75) is 13.5 Å². The lowest BCUT2D eigenvalue weighted by molar-refractivity contribution is 0.172. The molecule has 2 heterocycles. The number of imidazole rings is 1. The van der Waals surface area contributed by atoms with Gasteiger partial charge in [0.2, 0.25) is 0 Å². The van der Waals surface area contributed by atoms with E-state index in [1.165, 1.54) is 0 Å². The van der Waals surface area contributed by atoms with Crippen LogP contribution in [0.5, 0.6) is 17.2 Å². The molecule has 5 heteroatoms. The molecule has 1 aromatic heterocycles. The molecule has 1 aliphatic heterocycles. The van der Waals surface area contributed by atoms with Gasteiger partial charge < -0.3 is 18.8 Å². The number of hydrogen-bond donors (Lipinski definition) is 0. The second-order valence-electron chi connectivity index (χ2n) is 5.54. The fourth-order valence-corrected chi connectivity index (χ4v) is 2.75. The molecule has 5 nitrogen and oxygen atoms in total. The summed E-state index contributed by atoms with van der Waals surface area (Å²) in [6, 6.07) is 12.0. The van der Waals surface area contributed by atoms with Crippen LogP contribution in [0.4, 0.5) is 0 Å². The SMILES string of the molecule is Cc1ccccc1OCCn1cnc2cc3c(cc21)OCCO3. The summed E-state index contributed by atoms with van der Waals surface area (Å²) in [5, 5.41) is 0. The average Bonchev–Trinajstić information content (AvgIpc) is 2.97. The number of benzene rings is 2.